The van der Waals surface area contributed by atoms with Crippen LogP contribution in [-0.2, 0) is 23.9 Å². The molecule has 12 nitrogen and oxygen atoms in total. The van der Waals surface area contributed by atoms with Crippen LogP contribution in [0.2, 0.25) is 5.02 Å². The minimum atomic E-state index is -1.26. The molecule has 2 aliphatic rings. The number of halogens is 1. The van der Waals surface area contributed by atoms with Gasteiger partial charge in [0.2, 0.25) is 11.8 Å². The first-order chi connectivity index (χ1) is 20.1. The molecule has 0 bridgehead atoms. The SMILES string of the molecule is CC(C)[C@H](C[C@H](O)[C@@H](N)CN1CC(=O)N(c2ccccc2Cl)CC1(C)C)C(=O)NC1CCOCC1.O=C(O)/C=C/C(=O)O. The molecule has 3 rings (SSSR count). The second kappa shape index (κ2) is 16.7. The molecular formula is C30H45ClN4O8. The molecule has 0 aromatic heterocycles. The van der Waals surface area contributed by atoms with Crippen LogP contribution in [0.3, 0.4) is 0 Å². The summed E-state index contributed by atoms with van der Waals surface area (Å²) in [6.07, 6.45) is 2.14. The van der Waals surface area contributed by atoms with Crippen molar-refractivity contribution >= 4 is 41.0 Å². The summed E-state index contributed by atoms with van der Waals surface area (Å²) in [5.41, 5.74) is 6.76. The zero-order chi connectivity index (χ0) is 32.3. The first-order valence-electron chi connectivity index (χ1n) is 14.4. The van der Waals surface area contributed by atoms with Gasteiger partial charge in [-0.2, -0.15) is 0 Å². The molecule has 0 spiro atoms. The van der Waals surface area contributed by atoms with Gasteiger partial charge in [0.15, 0.2) is 0 Å². The molecule has 2 amide bonds. The van der Waals surface area contributed by atoms with Crippen molar-refractivity contribution in [1.29, 1.82) is 0 Å². The third-order valence-corrected chi connectivity index (χ3v) is 7.99. The van der Waals surface area contributed by atoms with Crippen LogP contribution in [0.4, 0.5) is 5.69 Å². The number of rotatable bonds is 11. The Morgan fingerprint density at radius 2 is 1.72 bits per heavy atom. The lowest BCUT2D eigenvalue weighted by Crippen LogP contribution is -2.64. The molecule has 2 fully saturated rings. The lowest BCUT2D eigenvalue weighted by Gasteiger charge is -2.48. The minimum Gasteiger partial charge on any atom is -0.478 e. The Morgan fingerprint density at radius 1 is 1.14 bits per heavy atom. The van der Waals surface area contributed by atoms with Crippen molar-refractivity contribution in [1.82, 2.24) is 10.2 Å². The summed E-state index contributed by atoms with van der Waals surface area (Å²) in [5.74, 6) is -2.89. The Hall–Kier alpha value is -3.03. The third-order valence-electron chi connectivity index (χ3n) is 7.67. The number of aliphatic carboxylic acids is 2. The highest BCUT2D eigenvalue weighted by Gasteiger charge is 2.40. The molecule has 6 N–H and O–H groups in total. The predicted molar refractivity (Wildman–Crippen MR) is 163 cm³/mol. The standard InChI is InChI=1S/C26H41ClN4O4.C4H4O4/c1-17(2)19(25(34)29-18-9-11-35-12-10-18)13-23(32)21(28)14-30-15-24(33)31(16-26(30,3)4)22-8-6-5-7-20(22)27;5-3(6)1-2-4(7)8/h5-8,17-19,21,23,32H,9-16,28H2,1-4H3,(H,29,34);1-2H,(H,5,6)(H,7,8)/b;2-1+/t19-,21-,23-;/m0./s1. The van der Waals surface area contributed by atoms with Gasteiger partial charge in [0.25, 0.3) is 0 Å². The van der Waals surface area contributed by atoms with Gasteiger partial charge < -0.3 is 36.0 Å². The summed E-state index contributed by atoms with van der Waals surface area (Å²) in [4.78, 5) is 48.8. The molecule has 0 radical (unpaired) electrons. The third kappa shape index (κ3) is 11.5. The summed E-state index contributed by atoms with van der Waals surface area (Å²) in [5, 5.41) is 30.3. The number of piperazine rings is 1. The number of ether oxygens (including phenoxy) is 1. The van der Waals surface area contributed by atoms with E-state index >= 15 is 0 Å². The van der Waals surface area contributed by atoms with E-state index in [2.05, 4.69) is 19.2 Å². The highest BCUT2D eigenvalue weighted by Crippen LogP contribution is 2.31. The van der Waals surface area contributed by atoms with E-state index in [0.717, 1.165) is 12.8 Å². The molecule has 0 unspecified atom stereocenters. The summed E-state index contributed by atoms with van der Waals surface area (Å²) in [6.45, 7) is 10.4. The maximum atomic E-state index is 13.0. The van der Waals surface area contributed by atoms with Gasteiger partial charge in [-0.15, -0.1) is 0 Å². The number of anilines is 1. The van der Waals surface area contributed by atoms with Crippen LogP contribution in [-0.4, -0.2) is 101 Å². The molecule has 3 atom stereocenters. The number of hydrogen-bond acceptors (Lipinski definition) is 8. The van der Waals surface area contributed by atoms with Gasteiger partial charge in [0.05, 0.1) is 23.4 Å². The van der Waals surface area contributed by atoms with Gasteiger partial charge in [-0.1, -0.05) is 37.6 Å². The Kier molecular flexibility index (Phi) is 14.1. The highest BCUT2D eigenvalue weighted by atomic mass is 35.5. The number of benzene rings is 1. The van der Waals surface area contributed by atoms with E-state index in [9.17, 15) is 24.3 Å². The number of carbonyl (C=O) groups excluding carboxylic acids is 2. The maximum Gasteiger partial charge on any atom is 0.328 e. The van der Waals surface area contributed by atoms with Gasteiger partial charge in [0, 0.05) is 62.0 Å². The van der Waals surface area contributed by atoms with E-state index in [0.29, 0.717) is 49.2 Å². The van der Waals surface area contributed by atoms with Crippen LogP contribution < -0.4 is 16.0 Å². The number of aliphatic hydroxyl groups is 1. The Labute approximate surface area is 257 Å². The van der Waals surface area contributed by atoms with E-state index in [1.807, 2.05) is 36.9 Å². The lowest BCUT2D eigenvalue weighted by molar-refractivity contribution is -0.134. The van der Waals surface area contributed by atoms with Crippen molar-refractivity contribution in [3.8, 4) is 0 Å². The fraction of sp³-hybridized carbons (Fsp3) is 0.600. The zero-order valence-corrected chi connectivity index (χ0v) is 26.0. The van der Waals surface area contributed by atoms with Crippen LogP contribution in [0.15, 0.2) is 36.4 Å². The van der Waals surface area contributed by atoms with E-state index in [4.69, 9.17) is 32.3 Å². The molecule has 43 heavy (non-hydrogen) atoms. The first kappa shape index (κ1) is 36.2. The molecule has 13 heteroatoms. The van der Waals surface area contributed by atoms with E-state index < -0.39 is 24.1 Å². The van der Waals surface area contributed by atoms with Crippen LogP contribution in [0, 0.1) is 11.8 Å². The van der Waals surface area contributed by atoms with Gasteiger partial charge in [-0.3, -0.25) is 14.5 Å². The zero-order valence-electron chi connectivity index (χ0n) is 25.2. The molecular weight excluding hydrogens is 580 g/mol. The molecule has 0 saturated carbocycles. The number of nitrogens with zero attached hydrogens (tertiary/aromatic N) is 2. The normalized spacial score (nSPS) is 19.8. The number of hydrogen-bond donors (Lipinski definition) is 5. The van der Waals surface area contributed by atoms with Gasteiger partial charge in [0.1, 0.15) is 0 Å². The Morgan fingerprint density at radius 3 is 2.26 bits per heavy atom. The molecule has 2 heterocycles. The van der Waals surface area contributed by atoms with Crippen LogP contribution in [0.25, 0.3) is 0 Å². The van der Waals surface area contributed by atoms with E-state index in [1.54, 1.807) is 11.0 Å². The second-order valence-corrected chi connectivity index (χ2v) is 12.3. The summed E-state index contributed by atoms with van der Waals surface area (Å²) >= 11 is 6.34. The molecule has 2 saturated heterocycles. The highest BCUT2D eigenvalue weighted by molar-refractivity contribution is 6.33. The Bertz CT molecular complexity index is 1120. The summed E-state index contributed by atoms with van der Waals surface area (Å²) < 4.78 is 5.37. The van der Waals surface area contributed by atoms with Crippen molar-refractivity contribution in [3.63, 3.8) is 0 Å². The fourth-order valence-corrected chi connectivity index (χ4v) is 5.26. The largest absolute Gasteiger partial charge is 0.478 e. The molecule has 240 valence electrons. The number of carboxylic acids is 2. The second-order valence-electron chi connectivity index (χ2n) is 11.8. The van der Waals surface area contributed by atoms with Crippen LogP contribution >= 0.6 is 11.6 Å². The number of aliphatic hydroxyl groups excluding tert-OH is 1. The van der Waals surface area contributed by atoms with Crippen LogP contribution in [0.1, 0.15) is 47.0 Å². The van der Waals surface area contributed by atoms with Crippen molar-refractivity contribution < 1.29 is 39.2 Å². The number of para-hydroxylation sites is 1. The number of amides is 2. The summed E-state index contributed by atoms with van der Waals surface area (Å²) in [7, 11) is 0. The lowest BCUT2D eigenvalue weighted by atomic mass is 9.86. The molecule has 1 aromatic rings. The predicted octanol–water partition coefficient (Wildman–Crippen LogP) is 2.12. The van der Waals surface area contributed by atoms with Crippen LogP contribution in [0.5, 0.6) is 0 Å². The topological polar surface area (TPSA) is 183 Å². The first-order valence-corrected chi connectivity index (χ1v) is 14.8. The number of nitrogens with one attached hydrogen (secondary N) is 1. The van der Waals surface area contributed by atoms with Crippen molar-refractivity contribution in [2.75, 3.05) is 37.7 Å². The number of carbonyl (C=O) groups is 4. The smallest absolute Gasteiger partial charge is 0.328 e. The average molecular weight is 625 g/mol. The summed E-state index contributed by atoms with van der Waals surface area (Å²) in [6, 6.07) is 6.85. The average Bonchev–Trinajstić information content (AvgIpc) is 2.93. The van der Waals surface area contributed by atoms with Gasteiger partial charge in [-0.05, 0) is 51.2 Å². The van der Waals surface area contributed by atoms with E-state index in [1.165, 1.54) is 0 Å². The molecule has 2 aliphatic heterocycles. The van der Waals surface area contributed by atoms with Crippen molar-refractivity contribution in [2.24, 2.45) is 17.6 Å². The van der Waals surface area contributed by atoms with Gasteiger partial charge in [-0.25, -0.2) is 9.59 Å². The van der Waals surface area contributed by atoms with Gasteiger partial charge >= 0.3 is 11.9 Å². The maximum absolute atomic E-state index is 13.0. The fourth-order valence-electron chi connectivity index (χ4n) is 5.03. The number of carboxylic acid groups (broad SMARTS) is 2. The molecule has 0 aliphatic carbocycles. The van der Waals surface area contributed by atoms with Crippen molar-refractivity contribution in [2.45, 2.75) is 70.7 Å². The monoisotopic (exact) mass is 624 g/mol. The number of nitrogens with two attached hydrogens (primary N) is 1. The molecule has 1 aromatic carbocycles. The Balaban J connectivity index is 0.000000708. The quantitative estimate of drug-likeness (QED) is 0.229. The minimum absolute atomic E-state index is 0.0398. The van der Waals surface area contributed by atoms with Crippen molar-refractivity contribution in [3.05, 3.63) is 41.4 Å². The van der Waals surface area contributed by atoms with E-state index in [-0.39, 0.29) is 48.2 Å².